The van der Waals surface area contributed by atoms with E-state index in [4.69, 9.17) is 9.97 Å². The zero-order chi connectivity index (χ0) is 91.8. The van der Waals surface area contributed by atoms with Gasteiger partial charge in [0.25, 0.3) is 0 Å². The summed E-state index contributed by atoms with van der Waals surface area (Å²) < 4.78 is 15.4. The average molecular weight is 1760 g/mol. The highest BCUT2D eigenvalue weighted by molar-refractivity contribution is 6.31. The molecule has 0 N–H and O–H groups in total. The molecule has 0 saturated carbocycles. The Balaban J connectivity index is 0.000000115. The normalized spacial score (nSPS) is 11.2. The molecule has 0 atom stereocenters. The first-order chi connectivity index (χ1) is 67.8. The van der Waals surface area contributed by atoms with Gasteiger partial charge < -0.3 is 14.7 Å². The van der Waals surface area contributed by atoms with E-state index in [1.165, 1.54) is 59.9 Å². The van der Waals surface area contributed by atoms with Gasteiger partial charge >= 0.3 is 0 Å². The van der Waals surface area contributed by atoms with Crippen molar-refractivity contribution < 1.29 is 4.39 Å². The number of nitriles is 3. The molecule has 0 aliphatic carbocycles. The highest BCUT2D eigenvalue weighted by Crippen LogP contribution is 2.53. The molecular formula is C124H79FN12. The smallest absolute Gasteiger partial charge is 0.174 e. The van der Waals surface area contributed by atoms with Crippen LogP contribution in [-0.2, 0) is 0 Å². The molecular weight excluding hydrogens is 1680 g/mol. The van der Waals surface area contributed by atoms with E-state index in [9.17, 15) is 15.8 Å². The number of fused-ring (bicyclic) bond motifs is 1. The lowest BCUT2D eigenvalue weighted by atomic mass is 9.91. The summed E-state index contributed by atoms with van der Waals surface area (Å²) in [5.74, 6) is 1.58. The molecule has 0 unspecified atom stereocenters. The summed E-state index contributed by atoms with van der Waals surface area (Å²) in [5, 5.41) is 51.6. The van der Waals surface area contributed by atoms with Crippen molar-refractivity contribution in [1.29, 1.82) is 15.8 Å². The quantitative estimate of drug-likeness (QED) is 0.0758. The summed E-state index contributed by atoms with van der Waals surface area (Å²) in [6.45, 7) is 0. The van der Waals surface area contributed by atoms with E-state index >= 15 is 4.39 Å². The molecule has 0 fully saturated rings. The van der Waals surface area contributed by atoms with Gasteiger partial charge in [0.2, 0.25) is 0 Å². The number of hydrogen-bond acceptors (Lipinski definition) is 12. The number of anilines is 18. The van der Waals surface area contributed by atoms with Crippen molar-refractivity contribution in [3.63, 3.8) is 0 Å². The van der Waals surface area contributed by atoms with Gasteiger partial charge in [0.15, 0.2) is 11.6 Å². The van der Waals surface area contributed by atoms with Gasteiger partial charge in [-0.05, 0) is 294 Å². The van der Waals surface area contributed by atoms with Gasteiger partial charge in [-0.15, -0.1) is 0 Å². The minimum Gasteiger partial charge on any atom is -0.310 e. The number of pyridine rings is 3. The molecule has 0 saturated heterocycles. The molecule has 12 nitrogen and oxygen atoms in total. The predicted molar refractivity (Wildman–Crippen MR) is 564 cm³/mol. The van der Waals surface area contributed by atoms with E-state index in [-0.39, 0.29) is 5.82 Å². The number of halogens is 1. The predicted octanol–water partition coefficient (Wildman–Crippen LogP) is 33.7. The van der Waals surface area contributed by atoms with Gasteiger partial charge in [0, 0.05) is 102 Å². The Hall–Kier alpha value is -19.1. The number of benzene rings is 22. The van der Waals surface area contributed by atoms with Crippen molar-refractivity contribution >= 4 is 210 Å². The zero-order valence-corrected chi connectivity index (χ0v) is 73.9. The van der Waals surface area contributed by atoms with E-state index in [1.54, 1.807) is 12.3 Å². The number of para-hydroxylation sites is 5. The third-order valence-corrected chi connectivity index (χ3v) is 25.8. The molecule has 3 aromatic heterocycles. The fourth-order valence-electron chi connectivity index (χ4n) is 19.7. The van der Waals surface area contributed by atoms with E-state index in [0.29, 0.717) is 16.7 Å². The Labute approximate surface area is 790 Å². The van der Waals surface area contributed by atoms with Crippen LogP contribution in [0.4, 0.5) is 107 Å². The van der Waals surface area contributed by atoms with Gasteiger partial charge in [-0.25, -0.2) is 19.3 Å². The van der Waals surface area contributed by atoms with Crippen molar-refractivity contribution in [3.8, 4) is 18.2 Å². The number of nitrogens with zero attached hydrogens (tertiary/aromatic N) is 12. The molecule has 0 amide bonds. The van der Waals surface area contributed by atoms with E-state index in [2.05, 4.69) is 333 Å². The van der Waals surface area contributed by atoms with Crippen LogP contribution in [0.2, 0.25) is 0 Å². The van der Waals surface area contributed by atoms with Crippen LogP contribution in [0.15, 0.2) is 480 Å². The fraction of sp³-hybridized carbons (Fsp3) is 0. The standard InChI is InChI=1S/C44H28N4.C40H25FN4.C40H26N4/c45-29-30-13-20-36(21-14-30)47(35-10-2-1-3-11-35)40-25-18-32-17-24-39-41(26-19-33-16-23-38(40)43(32)44(33)39)48(42-12-6-7-27-46-42)37-22-15-31-8-4-5-9-34(31)28-37;41-35-12-7-25-43-40(35)45(31-10-5-2-6-11-31)37-24-18-29-15-21-33-36(23-17-28-16-22-34(37)39(29)38(28)33)44(30-8-3-1-4-9-30)32-19-13-27(26-42)14-20-32;41-27-28-14-20-33(21-15-28)43(31-9-3-1-4-10-31)36-24-18-29-17-23-35-37(25-19-30-16-22-34(36)39(29)40(30)35)44(32-11-5-2-6-12-32)38-13-7-8-26-42-38/h1-28H;1-25H;1-26H. The zero-order valence-electron chi connectivity index (χ0n) is 73.9. The second kappa shape index (κ2) is 35.6. The molecule has 13 heteroatoms. The summed E-state index contributed by atoms with van der Waals surface area (Å²) in [7, 11) is 0. The van der Waals surface area contributed by atoms with E-state index in [0.717, 1.165) is 151 Å². The highest BCUT2D eigenvalue weighted by atomic mass is 19.1. The van der Waals surface area contributed by atoms with Gasteiger partial charge in [0.05, 0.1) is 69.0 Å². The van der Waals surface area contributed by atoms with E-state index in [1.807, 2.05) is 181 Å². The average Bonchev–Trinajstić information content (AvgIpc) is 0.729. The van der Waals surface area contributed by atoms with Crippen molar-refractivity contribution in [2.24, 2.45) is 0 Å². The Morgan fingerprint density at radius 3 is 0.730 bits per heavy atom. The lowest BCUT2D eigenvalue weighted by Gasteiger charge is -2.29. The number of hydrogen-bond donors (Lipinski definition) is 0. The summed E-state index contributed by atoms with van der Waals surface area (Å²) in [6, 6.07) is 164. The maximum Gasteiger partial charge on any atom is 0.174 e. The third kappa shape index (κ3) is 15.1. The second-order valence-corrected chi connectivity index (χ2v) is 33.7. The number of aromatic nitrogens is 3. The molecule has 25 rings (SSSR count). The first-order valence-electron chi connectivity index (χ1n) is 45.4. The van der Waals surface area contributed by atoms with Crippen molar-refractivity contribution in [1.82, 2.24) is 15.0 Å². The first-order valence-corrected chi connectivity index (χ1v) is 45.4. The highest BCUT2D eigenvalue weighted by Gasteiger charge is 2.29. The third-order valence-electron chi connectivity index (χ3n) is 25.8. The molecule has 0 bridgehead atoms. The maximum atomic E-state index is 15.4. The molecule has 0 aliphatic rings. The van der Waals surface area contributed by atoms with E-state index < -0.39 is 5.82 Å². The van der Waals surface area contributed by atoms with Crippen LogP contribution in [0.3, 0.4) is 0 Å². The lowest BCUT2D eigenvalue weighted by molar-refractivity contribution is 0.623. The van der Waals surface area contributed by atoms with Gasteiger partial charge in [-0.3, -0.25) is 14.7 Å². The van der Waals surface area contributed by atoms with Gasteiger partial charge in [-0.1, -0.05) is 243 Å². The summed E-state index contributed by atoms with van der Waals surface area (Å²) in [6.07, 6.45) is 5.32. The van der Waals surface area contributed by atoms with Crippen LogP contribution >= 0.6 is 0 Å². The lowest BCUT2D eigenvalue weighted by Crippen LogP contribution is -2.14. The molecule has 22 aromatic carbocycles. The van der Waals surface area contributed by atoms with Crippen LogP contribution in [0, 0.1) is 39.8 Å². The van der Waals surface area contributed by atoms with Crippen LogP contribution in [0.1, 0.15) is 16.7 Å². The first kappa shape index (κ1) is 82.3. The minimum absolute atomic E-state index is 0.246. The topological polar surface area (TPSA) is 129 Å². The molecule has 0 aliphatic heterocycles. The monoisotopic (exact) mass is 1750 g/mol. The van der Waals surface area contributed by atoms with Crippen LogP contribution in [0.25, 0.3) is 108 Å². The van der Waals surface area contributed by atoms with Crippen molar-refractivity contribution in [2.75, 3.05) is 29.4 Å². The molecule has 0 spiro atoms. The molecule has 0 radical (unpaired) electrons. The SMILES string of the molecule is N#Cc1ccc(N(c2ccccc2)c2ccc3ccc4c(N(c5ccc6ccccc6c5)c5ccccn5)ccc5ccc2c3c54)cc1.N#Cc1ccc(N(c2ccccc2)c2ccc3ccc4c(N(c5ccccc5)c5ccccn5)ccc5ccc2c3c54)cc1.N#Cc1ccc(N(c2ccccc2)c2ccc3ccc4c(N(c5ccccc5)c5ncccc5F)ccc5ccc2c3c54)cc1. The largest absolute Gasteiger partial charge is 0.310 e. The fourth-order valence-corrected chi connectivity index (χ4v) is 19.7. The van der Waals surface area contributed by atoms with Crippen molar-refractivity contribution in [3.05, 3.63) is 502 Å². The van der Waals surface area contributed by atoms with Crippen molar-refractivity contribution in [2.45, 2.75) is 0 Å². The Morgan fingerprint density at radius 2 is 0.423 bits per heavy atom. The summed E-state index contributed by atoms with van der Waals surface area (Å²) in [5.41, 5.74) is 17.1. The maximum absolute atomic E-state index is 15.4. The number of rotatable bonds is 18. The molecule has 3 heterocycles. The van der Waals surface area contributed by atoms with Crippen LogP contribution < -0.4 is 29.4 Å². The Bertz CT molecular complexity index is 8860. The second-order valence-electron chi connectivity index (χ2n) is 33.7. The summed E-state index contributed by atoms with van der Waals surface area (Å²) in [4.78, 5) is 27.3. The molecule has 642 valence electrons. The molecule has 25 aromatic rings. The van der Waals surface area contributed by atoms with Gasteiger partial charge in [0.1, 0.15) is 11.6 Å². The Morgan fingerprint density at radius 1 is 0.182 bits per heavy atom. The minimum atomic E-state index is -0.393. The Kier molecular flexibility index (Phi) is 21.4. The van der Waals surface area contributed by atoms with Crippen LogP contribution in [0.5, 0.6) is 0 Å². The summed E-state index contributed by atoms with van der Waals surface area (Å²) >= 11 is 0. The van der Waals surface area contributed by atoms with Gasteiger partial charge in [-0.2, -0.15) is 15.8 Å². The van der Waals surface area contributed by atoms with Crippen LogP contribution in [-0.4, -0.2) is 15.0 Å². The molecule has 137 heavy (non-hydrogen) atoms.